The van der Waals surface area contributed by atoms with Crippen LogP contribution >= 0.6 is 0 Å². The number of aromatic nitrogens is 1. The Kier molecular flexibility index (Phi) is 5.31. The van der Waals surface area contributed by atoms with Gasteiger partial charge in [-0.2, -0.15) is 4.31 Å². The van der Waals surface area contributed by atoms with Gasteiger partial charge in [-0.25, -0.2) is 12.8 Å². The van der Waals surface area contributed by atoms with Gasteiger partial charge in [0, 0.05) is 13.2 Å². The summed E-state index contributed by atoms with van der Waals surface area (Å²) in [5, 5.41) is 0. The van der Waals surface area contributed by atoms with E-state index in [9.17, 15) is 22.4 Å². The van der Waals surface area contributed by atoms with Crippen LogP contribution in [0.1, 0.15) is 10.5 Å². The molecule has 0 saturated carbocycles. The normalized spacial score (nSPS) is 11.3. The van der Waals surface area contributed by atoms with Gasteiger partial charge in [-0.15, -0.1) is 0 Å². The number of amides is 2. The number of hydrazine groups is 1. The van der Waals surface area contributed by atoms with Crippen molar-refractivity contribution in [2.45, 2.75) is 4.90 Å². The Labute approximate surface area is 137 Å². The van der Waals surface area contributed by atoms with Crippen LogP contribution in [0.5, 0.6) is 0 Å². The Morgan fingerprint density at radius 1 is 1.17 bits per heavy atom. The van der Waals surface area contributed by atoms with Crippen molar-refractivity contribution in [1.29, 1.82) is 0 Å². The Hall–Kier alpha value is -2.72. The molecule has 0 unspecified atom stereocenters. The highest BCUT2D eigenvalue weighted by molar-refractivity contribution is 7.89. The molecule has 1 aromatic heterocycles. The molecule has 0 atom stereocenters. The summed E-state index contributed by atoms with van der Waals surface area (Å²) in [6.45, 7) is -0.523. The van der Waals surface area contributed by atoms with Crippen molar-refractivity contribution in [2.24, 2.45) is 0 Å². The number of likely N-dealkylation sites (N-methyl/N-ethyl adjacent to an activating group) is 1. The molecule has 2 rings (SSSR count). The monoisotopic (exact) mass is 354 g/mol. The molecule has 1 heterocycles. The second-order valence-corrected chi connectivity index (χ2v) is 6.85. The molecule has 0 radical (unpaired) electrons. The zero-order chi connectivity index (χ0) is 17.7. The number of hydrogen-bond acceptors (Lipinski definition) is 4. The van der Waals surface area contributed by atoms with Crippen LogP contribution in [0.25, 0.3) is 0 Å². The van der Waals surface area contributed by atoms with E-state index >= 15 is 0 Å². The maximum Gasteiger partial charge on any atom is 0.286 e. The topological polar surface area (TPSA) is 111 Å². The second kappa shape index (κ2) is 7.23. The van der Waals surface area contributed by atoms with Crippen LogP contribution in [0.3, 0.4) is 0 Å². The lowest BCUT2D eigenvalue weighted by Gasteiger charge is -2.17. The lowest BCUT2D eigenvalue weighted by atomic mass is 10.4. The van der Waals surface area contributed by atoms with Gasteiger partial charge in [0.1, 0.15) is 11.5 Å². The fourth-order valence-electron chi connectivity index (χ4n) is 1.78. The number of carbonyl (C=O) groups is 2. The zero-order valence-electron chi connectivity index (χ0n) is 12.6. The maximum absolute atomic E-state index is 12.9. The van der Waals surface area contributed by atoms with Crippen LogP contribution in [0.4, 0.5) is 4.39 Å². The first-order chi connectivity index (χ1) is 11.3. The van der Waals surface area contributed by atoms with Gasteiger partial charge in [-0.05, 0) is 36.4 Å². The summed E-state index contributed by atoms with van der Waals surface area (Å²) in [6, 6.07) is 7.35. The van der Waals surface area contributed by atoms with E-state index in [1.807, 2.05) is 0 Å². The average molecular weight is 354 g/mol. The first kappa shape index (κ1) is 17.6. The van der Waals surface area contributed by atoms with Gasteiger partial charge in [-0.3, -0.25) is 20.4 Å². The fourth-order valence-corrected chi connectivity index (χ4v) is 2.91. The molecule has 3 N–H and O–H groups in total. The summed E-state index contributed by atoms with van der Waals surface area (Å²) in [4.78, 5) is 25.9. The highest BCUT2D eigenvalue weighted by atomic mass is 32.2. The van der Waals surface area contributed by atoms with E-state index in [0.29, 0.717) is 0 Å². The summed E-state index contributed by atoms with van der Waals surface area (Å²) < 4.78 is 38.1. The van der Waals surface area contributed by atoms with Gasteiger partial charge < -0.3 is 4.98 Å². The van der Waals surface area contributed by atoms with Gasteiger partial charge in [0.25, 0.3) is 11.8 Å². The molecule has 0 aliphatic carbocycles. The van der Waals surface area contributed by atoms with Crippen LogP contribution in [-0.4, -0.2) is 43.1 Å². The summed E-state index contributed by atoms with van der Waals surface area (Å²) >= 11 is 0. The number of benzene rings is 1. The van der Waals surface area contributed by atoms with Crippen LogP contribution < -0.4 is 10.9 Å². The van der Waals surface area contributed by atoms with E-state index in [4.69, 9.17) is 0 Å². The lowest BCUT2D eigenvalue weighted by molar-refractivity contribution is -0.121. The van der Waals surface area contributed by atoms with E-state index in [1.54, 1.807) is 12.3 Å². The predicted octanol–water partition coefficient (Wildman–Crippen LogP) is 0.236. The molecule has 10 heteroatoms. The molecule has 128 valence electrons. The summed E-state index contributed by atoms with van der Waals surface area (Å²) in [5.74, 6) is -1.87. The van der Waals surface area contributed by atoms with Crippen LogP contribution in [0, 0.1) is 5.82 Å². The van der Waals surface area contributed by atoms with Crippen molar-refractivity contribution < 1.29 is 22.4 Å². The molecule has 0 spiro atoms. The standard InChI is InChI=1S/C14H15FN4O4S/c1-19(24(22,23)11-6-4-10(15)5-7-11)9-13(20)17-18-14(21)12-3-2-8-16-12/h2-8,16H,9H2,1H3,(H,17,20)(H,18,21). The number of carbonyl (C=O) groups excluding carboxylic acids is 2. The third-order valence-corrected chi connectivity index (χ3v) is 4.86. The molecule has 0 fully saturated rings. The molecule has 0 aliphatic rings. The third-order valence-electron chi connectivity index (χ3n) is 3.05. The number of sulfonamides is 1. The van der Waals surface area contributed by atoms with Crippen molar-refractivity contribution >= 4 is 21.8 Å². The largest absolute Gasteiger partial charge is 0.357 e. The highest BCUT2D eigenvalue weighted by Gasteiger charge is 2.23. The molecule has 2 aromatic rings. The number of H-pyrrole nitrogens is 1. The fraction of sp³-hybridized carbons (Fsp3) is 0.143. The number of nitrogens with one attached hydrogen (secondary N) is 3. The molecular weight excluding hydrogens is 339 g/mol. The Balaban J connectivity index is 1.93. The Morgan fingerprint density at radius 3 is 2.42 bits per heavy atom. The number of nitrogens with zero attached hydrogens (tertiary/aromatic N) is 1. The molecule has 2 amide bonds. The number of rotatable bonds is 5. The SMILES string of the molecule is CN(CC(=O)NNC(=O)c1ccc[nH]1)S(=O)(=O)c1ccc(F)cc1. The van der Waals surface area contributed by atoms with E-state index < -0.39 is 34.2 Å². The zero-order valence-corrected chi connectivity index (χ0v) is 13.4. The number of hydrogen-bond donors (Lipinski definition) is 3. The molecule has 0 saturated heterocycles. The van der Waals surface area contributed by atoms with Crippen LogP contribution in [0.15, 0.2) is 47.5 Å². The van der Waals surface area contributed by atoms with Crippen LogP contribution in [-0.2, 0) is 14.8 Å². The summed E-state index contributed by atoms with van der Waals surface area (Å²) in [7, 11) is -2.75. The molecule has 0 bridgehead atoms. The molecule has 1 aromatic carbocycles. The second-order valence-electron chi connectivity index (χ2n) is 4.80. The summed E-state index contributed by atoms with van der Waals surface area (Å²) in [6.07, 6.45) is 1.54. The van der Waals surface area contributed by atoms with Crippen molar-refractivity contribution in [3.05, 3.63) is 54.1 Å². The first-order valence-electron chi connectivity index (χ1n) is 6.75. The van der Waals surface area contributed by atoms with Crippen molar-refractivity contribution in [3.63, 3.8) is 0 Å². The van der Waals surface area contributed by atoms with Crippen molar-refractivity contribution in [2.75, 3.05) is 13.6 Å². The van der Waals surface area contributed by atoms with Gasteiger partial charge in [-0.1, -0.05) is 0 Å². The van der Waals surface area contributed by atoms with Gasteiger partial charge >= 0.3 is 0 Å². The lowest BCUT2D eigenvalue weighted by Crippen LogP contribution is -2.46. The van der Waals surface area contributed by atoms with E-state index in [0.717, 1.165) is 28.6 Å². The number of halogens is 1. The quantitative estimate of drug-likeness (QED) is 0.668. The molecule has 24 heavy (non-hydrogen) atoms. The van der Waals surface area contributed by atoms with Crippen molar-refractivity contribution in [1.82, 2.24) is 20.1 Å². The Bertz CT molecular complexity index is 819. The van der Waals surface area contributed by atoms with E-state index in [-0.39, 0.29) is 10.6 Å². The Morgan fingerprint density at radius 2 is 1.83 bits per heavy atom. The molecular formula is C14H15FN4O4S. The minimum atomic E-state index is -3.95. The number of aromatic amines is 1. The minimum absolute atomic E-state index is 0.144. The molecule has 8 nitrogen and oxygen atoms in total. The van der Waals surface area contributed by atoms with E-state index in [1.165, 1.54) is 13.1 Å². The van der Waals surface area contributed by atoms with Gasteiger partial charge in [0.05, 0.1) is 11.4 Å². The van der Waals surface area contributed by atoms with Crippen molar-refractivity contribution in [3.8, 4) is 0 Å². The minimum Gasteiger partial charge on any atom is -0.357 e. The smallest absolute Gasteiger partial charge is 0.286 e. The molecule has 0 aliphatic heterocycles. The summed E-state index contributed by atoms with van der Waals surface area (Å²) in [5.41, 5.74) is 4.50. The van der Waals surface area contributed by atoms with Crippen LogP contribution in [0.2, 0.25) is 0 Å². The van der Waals surface area contributed by atoms with Gasteiger partial charge in [0.2, 0.25) is 10.0 Å². The van der Waals surface area contributed by atoms with Gasteiger partial charge in [0.15, 0.2) is 0 Å². The predicted molar refractivity (Wildman–Crippen MR) is 82.6 cm³/mol. The average Bonchev–Trinajstić information content (AvgIpc) is 3.07. The van der Waals surface area contributed by atoms with E-state index in [2.05, 4.69) is 15.8 Å². The highest BCUT2D eigenvalue weighted by Crippen LogP contribution is 2.14. The maximum atomic E-state index is 12.9. The first-order valence-corrected chi connectivity index (χ1v) is 8.19. The third kappa shape index (κ3) is 4.18.